The molecule has 1 rings (SSSR count). The standard InChI is InChI=1S/C8H11N3O4/c1-5(12)15-9-6-4-7(13)11(3)8(14)10(6)2/h4,9H,1-3H3. The van der Waals surface area contributed by atoms with Crippen molar-refractivity contribution in [3.8, 4) is 0 Å². The van der Waals surface area contributed by atoms with Gasteiger partial charge >= 0.3 is 11.7 Å². The topological polar surface area (TPSA) is 82.3 Å². The number of hydrogen-bond donors (Lipinski definition) is 1. The van der Waals surface area contributed by atoms with Crippen LogP contribution in [0.3, 0.4) is 0 Å². The molecule has 0 fully saturated rings. The zero-order chi connectivity index (χ0) is 11.6. The van der Waals surface area contributed by atoms with Gasteiger partial charge in [0, 0.05) is 27.1 Å². The fourth-order valence-corrected chi connectivity index (χ4v) is 0.955. The molecule has 0 atom stereocenters. The van der Waals surface area contributed by atoms with Gasteiger partial charge in [-0.15, -0.1) is 0 Å². The number of aromatic nitrogens is 2. The van der Waals surface area contributed by atoms with E-state index in [0.29, 0.717) is 0 Å². The lowest BCUT2D eigenvalue weighted by Crippen LogP contribution is -2.37. The molecule has 7 nitrogen and oxygen atoms in total. The van der Waals surface area contributed by atoms with Gasteiger partial charge in [-0.3, -0.25) is 18.7 Å². The summed E-state index contributed by atoms with van der Waals surface area (Å²) in [6, 6.07) is 1.16. The summed E-state index contributed by atoms with van der Waals surface area (Å²) >= 11 is 0. The van der Waals surface area contributed by atoms with Crippen molar-refractivity contribution >= 4 is 11.8 Å². The molecule has 0 aromatic carbocycles. The second kappa shape index (κ2) is 3.99. The predicted molar refractivity (Wildman–Crippen MR) is 52.3 cm³/mol. The molecule has 82 valence electrons. The number of hydrogen-bond acceptors (Lipinski definition) is 5. The Morgan fingerprint density at radius 3 is 2.47 bits per heavy atom. The van der Waals surface area contributed by atoms with Crippen LogP contribution in [0.25, 0.3) is 0 Å². The van der Waals surface area contributed by atoms with Crippen LogP contribution in [-0.4, -0.2) is 15.1 Å². The molecule has 0 unspecified atom stereocenters. The Morgan fingerprint density at radius 2 is 1.93 bits per heavy atom. The largest absolute Gasteiger partial charge is 0.342 e. The van der Waals surface area contributed by atoms with Crippen LogP contribution in [0.5, 0.6) is 0 Å². The lowest BCUT2D eigenvalue weighted by molar-refractivity contribution is -0.138. The maximum absolute atomic E-state index is 11.4. The molecule has 0 bridgehead atoms. The summed E-state index contributed by atoms with van der Waals surface area (Å²) in [5, 5.41) is 0. The summed E-state index contributed by atoms with van der Waals surface area (Å²) in [5.74, 6) is -0.443. The van der Waals surface area contributed by atoms with Crippen LogP contribution in [0.15, 0.2) is 15.7 Å². The van der Waals surface area contributed by atoms with Gasteiger partial charge in [0.2, 0.25) is 0 Å². The zero-order valence-corrected chi connectivity index (χ0v) is 8.60. The smallest absolute Gasteiger partial charge is 0.332 e. The molecule has 0 spiro atoms. The van der Waals surface area contributed by atoms with Gasteiger partial charge in [0.1, 0.15) is 5.82 Å². The van der Waals surface area contributed by atoms with Gasteiger partial charge in [-0.25, -0.2) is 10.3 Å². The van der Waals surface area contributed by atoms with Crippen molar-refractivity contribution in [3.63, 3.8) is 0 Å². The summed E-state index contributed by atoms with van der Waals surface area (Å²) in [6.45, 7) is 1.20. The molecule has 1 N–H and O–H groups in total. The Labute approximate surface area is 84.9 Å². The molecule has 7 heteroatoms. The minimum atomic E-state index is -0.567. The maximum Gasteiger partial charge on any atom is 0.332 e. The van der Waals surface area contributed by atoms with Gasteiger partial charge in [0.15, 0.2) is 0 Å². The average molecular weight is 213 g/mol. The Kier molecular flexibility index (Phi) is 2.93. The number of nitrogens with zero attached hydrogens (tertiary/aromatic N) is 2. The number of nitrogens with one attached hydrogen (secondary N) is 1. The number of anilines is 1. The highest BCUT2D eigenvalue weighted by molar-refractivity contribution is 5.66. The summed E-state index contributed by atoms with van der Waals surface area (Å²) in [6.07, 6.45) is 0. The van der Waals surface area contributed by atoms with Crippen LogP contribution in [-0.2, 0) is 23.7 Å². The van der Waals surface area contributed by atoms with Gasteiger partial charge in [-0.1, -0.05) is 0 Å². The molecule has 1 aromatic heterocycles. The maximum atomic E-state index is 11.4. The van der Waals surface area contributed by atoms with E-state index in [9.17, 15) is 14.4 Å². The molecule has 1 aromatic rings. The minimum absolute atomic E-state index is 0.123. The van der Waals surface area contributed by atoms with Crippen LogP contribution < -0.4 is 16.7 Å². The van der Waals surface area contributed by atoms with Crippen LogP contribution in [0.2, 0.25) is 0 Å². The second-order valence-electron chi connectivity index (χ2n) is 2.96. The molecular formula is C8H11N3O4. The molecular weight excluding hydrogens is 202 g/mol. The van der Waals surface area contributed by atoms with Gasteiger partial charge in [0.05, 0.1) is 0 Å². The fraction of sp³-hybridized carbons (Fsp3) is 0.375. The van der Waals surface area contributed by atoms with E-state index in [1.54, 1.807) is 0 Å². The molecule has 1 heterocycles. The van der Waals surface area contributed by atoms with Crippen LogP contribution in [0.4, 0.5) is 5.82 Å². The van der Waals surface area contributed by atoms with E-state index in [4.69, 9.17) is 0 Å². The number of carbonyl (C=O) groups excluding carboxylic acids is 1. The first kappa shape index (κ1) is 11.0. The number of rotatable bonds is 2. The van der Waals surface area contributed by atoms with E-state index < -0.39 is 17.2 Å². The Morgan fingerprint density at radius 1 is 1.33 bits per heavy atom. The highest BCUT2D eigenvalue weighted by Gasteiger charge is 2.05. The molecule has 0 aliphatic rings. The van der Waals surface area contributed by atoms with Crippen LogP contribution in [0, 0.1) is 0 Å². The van der Waals surface area contributed by atoms with Gasteiger partial charge in [-0.05, 0) is 0 Å². The van der Waals surface area contributed by atoms with E-state index in [1.165, 1.54) is 21.0 Å². The molecule has 15 heavy (non-hydrogen) atoms. The lowest BCUT2D eigenvalue weighted by atomic mass is 10.5. The highest BCUT2D eigenvalue weighted by atomic mass is 16.7. The van der Waals surface area contributed by atoms with Gasteiger partial charge in [-0.2, -0.15) is 0 Å². The summed E-state index contributed by atoms with van der Waals surface area (Å²) < 4.78 is 2.10. The molecule has 0 aliphatic heterocycles. The first-order valence-electron chi connectivity index (χ1n) is 4.14. The fourth-order valence-electron chi connectivity index (χ4n) is 0.955. The van der Waals surface area contributed by atoms with Crippen LogP contribution in [0.1, 0.15) is 6.92 Å². The monoisotopic (exact) mass is 213 g/mol. The van der Waals surface area contributed by atoms with Gasteiger partial charge in [0.25, 0.3) is 5.56 Å². The Balaban J connectivity index is 3.16. The van der Waals surface area contributed by atoms with Crippen molar-refractivity contribution in [2.75, 3.05) is 5.48 Å². The summed E-state index contributed by atoms with van der Waals surface area (Å²) in [4.78, 5) is 37.6. The van der Waals surface area contributed by atoms with Crippen molar-refractivity contribution in [1.29, 1.82) is 0 Å². The summed E-state index contributed by atoms with van der Waals surface area (Å²) in [7, 11) is 2.81. The second-order valence-corrected chi connectivity index (χ2v) is 2.96. The quantitative estimate of drug-likeness (QED) is 0.635. The molecule has 0 saturated carbocycles. The third-order valence-corrected chi connectivity index (χ3v) is 1.83. The van der Waals surface area contributed by atoms with Gasteiger partial charge < -0.3 is 4.84 Å². The number of carbonyl (C=O) groups is 1. The third kappa shape index (κ3) is 2.25. The van der Waals surface area contributed by atoms with E-state index in [1.807, 2.05) is 0 Å². The lowest BCUT2D eigenvalue weighted by Gasteiger charge is -2.09. The minimum Gasteiger partial charge on any atom is -0.342 e. The van der Waals surface area contributed by atoms with Crippen molar-refractivity contribution in [3.05, 3.63) is 26.9 Å². The first-order chi connectivity index (χ1) is 6.93. The Hall–Kier alpha value is -2.05. The van der Waals surface area contributed by atoms with Crippen molar-refractivity contribution < 1.29 is 9.63 Å². The van der Waals surface area contributed by atoms with Crippen molar-refractivity contribution in [1.82, 2.24) is 9.13 Å². The third-order valence-electron chi connectivity index (χ3n) is 1.83. The normalized spacial score (nSPS) is 9.80. The van der Waals surface area contributed by atoms with E-state index >= 15 is 0 Å². The van der Waals surface area contributed by atoms with Crippen molar-refractivity contribution in [2.24, 2.45) is 14.1 Å². The molecule has 0 amide bonds. The predicted octanol–water partition coefficient (Wildman–Crippen LogP) is -1.03. The highest BCUT2D eigenvalue weighted by Crippen LogP contribution is 1.97. The zero-order valence-electron chi connectivity index (χ0n) is 8.60. The first-order valence-corrected chi connectivity index (χ1v) is 4.14. The molecule has 0 aliphatic carbocycles. The average Bonchev–Trinajstić information content (AvgIpc) is 2.18. The molecule has 0 radical (unpaired) electrons. The van der Waals surface area contributed by atoms with Crippen LogP contribution >= 0.6 is 0 Å². The Bertz CT molecular complexity index is 500. The molecule has 0 saturated heterocycles. The summed E-state index contributed by atoms with van der Waals surface area (Å²) in [5.41, 5.74) is 1.24. The van der Waals surface area contributed by atoms with E-state index in [0.717, 1.165) is 15.2 Å². The van der Waals surface area contributed by atoms with E-state index in [2.05, 4.69) is 10.3 Å². The van der Waals surface area contributed by atoms with Crippen molar-refractivity contribution in [2.45, 2.75) is 6.92 Å². The SMILES string of the molecule is CC(=O)ONc1cc(=O)n(C)c(=O)n1C. The van der Waals surface area contributed by atoms with E-state index in [-0.39, 0.29) is 5.82 Å².